The first kappa shape index (κ1) is 17.5. The van der Waals surface area contributed by atoms with Crippen molar-refractivity contribution in [2.75, 3.05) is 20.2 Å². The van der Waals surface area contributed by atoms with Crippen LogP contribution in [0.1, 0.15) is 37.2 Å². The molecule has 1 N–H and O–H groups in total. The number of aromatic amines is 1. The van der Waals surface area contributed by atoms with Crippen molar-refractivity contribution in [1.82, 2.24) is 14.3 Å². The van der Waals surface area contributed by atoms with E-state index in [0.717, 1.165) is 23.9 Å². The van der Waals surface area contributed by atoms with Gasteiger partial charge in [-0.3, -0.25) is 4.79 Å². The molecule has 7 nitrogen and oxygen atoms in total. The summed E-state index contributed by atoms with van der Waals surface area (Å²) in [5, 5.41) is 0.675. The fourth-order valence-corrected chi connectivity index (χ4v) is 6.21. The van der Waals surface area contributed by atoms with Crippen molar-refractivity contribution < 1.29 is 17.9 Å². The molecule has 2 aliphatic rings. The van der Waals surface area contributed by atoms with Gasteiger partial charge in [-0.1, -0.05) is 0 Å². The van der Waals surface area contributed by atoms with Crippen LogP contribution < -0.4 is 0 Å². The minimum Gasteiger partial charge on any atom is -0.469 e. The Morgan fingerprint density at radius 2 is 2.04 bits per heavy atom. The van der Waals surface area contributed by atoms with E-state index in [-0.39, 0.29) is 11.9 Å². The number of nitrogens with one attached hydrogen (secondary N) is 1. The lowest BCUT2D eigenvalue weighted by Gasteiger charge is -2.39. The third-order valence-electron chi connectivity index (χ3n) is 5.79. The number of esters is 1. The van der Waals surface area contributed by atoms with Gasteiger partial charge in [-0.15, -0.1) is 0 Å². The summed E-state index contributed by atoms with van der Waals surface area (Å²) in [6.45, 7) is 1.05. The number of carbonyl (C=O) groups excluding carboxylic acids is 1. The highest BCUT2D eigenvalue weighted by Crippen LogP contribution is 2.38. The van der Waals surface area contributed by atoms with E-state index in [9.17, 15) is 13.2 Å². The maximum atomic E-state index is 12.8. The van der Waals surface area contributed by atoms with E-state index in [1.54, 1.807) is 10.5 Å². The number of rotatable bonds is 4. The molecule has 2 fully saturated rings. The molecule has 26 heavy (non-hydrogen) atoms. The minimum absolute atomic E-state index is 0.268. The molecule has 0 radical (unpaired) electrons. The third-order valence-corrected chi connectivity index (χ3v) is 8.10. The topological polar surface area (TPSA) is 92.4 Å². The van der Waals surface area contributed by atoms with Crippen LogP contribution >= 0.6 is 0 Å². The molecule has 0 amide bonds. The van der Waals surface area contributed by atoms with Crippen molar-refractivity contribution in [2.24, 2.45) is 5.92 Å². The van der Waals surface area contributed by atoms with E-state index >= 15 is 0 Å². The average molecular weight is 377 g/mol. The van der Waals surface area contributed by atoms with E-state index < -0.39 is 15.3 Å². The largest absolute Gasteiger partial charge is 0.469 e. The smallest absolute Gasteiger partial charge is 0.308 e. The third kappa shape index (κ3) is 2.91. The number of hydrogen-bond acceptors (Lipinski definition) is 5. The number of methoxy groups -OCH3 is 1. The van der Waals surface area contributed by atoms with E-state index in [4.69, 9.17) is 4.74 Å². The van der Waals surface area contributed by atoms with Gasteiger partial charge in [0.25, 0.3) is 0 Å². The standard InChI is InChI=1S/C18H23N3O4S/c1-25-18(22)13-9-14(10-13)26(23,24)21-7-4-12(5-8-21)16-11-20-17-15(16)3-2-6-19-17/h2-3,6,11-14H,4-5,7-10H2,1H3,(H,19,20)/t13-,14+. The molecule has 2 aromatic rings. The number of piperidine rings is 1. The van der Waals surface area contributed by atoms with Crippen molar-refractivity contribution in [3.05, 3.63) is 30.1 Å². The van der Waals surface area contributed by atoms with Crippen LogP contribution in [0, 0.1) is 5.92 Å². The van der Waals surface area contributed by atoms with Crippen LogP contribution in [0.3, 0.4) is 0 Å². The van der Waals surface area contributed by atoms with Crippen LogP contribution in [0.15, 0.2) is 24.5 Å². The van der Waals surface area contributed by atoms with E-state index in [2.05, 4.69) is 16.0 Å². The zero-order valence-corrected chi connectivity index (χ0v) is 15.5. The zero-order chi connectivity index (χ0) is 18.3. The van der Waals surface area contributed by atoms with E-state index in [1.165, 1.54) is 12.7 Å². The van der Waals surface area contributed by atoms with Gasteiger partial charge in [0.05, 0.1) is 18.3 Å². The summed E-state index contributed by atoms with van der Waals surface area (Å²) >= 11 is 0. The number of pyridine rings is 1. The molecule has 1 aliphatic heterocycles. The number of carbonyl (C=O) groups is 1. The average Bonchev–Trinajstić information content (AvgIpc) is 3.04. The van der Waals surface area contributed by atoms with Gasteiger partial charge >= 0.3 is 5.97 Å². The Morgan fingerprint density at radius 1 is 1.31 bits per heavy atom. The highest BCUT2D eigenvalue weighted by Gasteiger charge is 2.45. The van der Waals surface area contributed by atoms with Crippen LogP contribution in [0.2, 0.25) is 0 Å². The first-order valence-corrected chi connectivity index (χ1v) is 10.5. The second-order valence-electron chi connectivity index (χ2n) is 7.18. The van der Waals surface area contributed by atoms with Gasteiger partial charge in [-0.2, -0.15) is 0 Å². The van der Waals surface area contributed by atoms with Gasteiger partial charge in [0.1, 0.15) is 5.65 Å². The number of hydrogen-bond donors (Lipinski definition) is 1. The van der Waals surface area contributed by atoms with Crippen molar-refractivity contribution in [1.29, 1.82) is 0 Å². The lowest BCUT2D eigenvalue weighted by atomic mass is 9.85. The Kier molecular flexibility index (Phi) is 4.48. The Bertz CT molecular complexity index is 909. The minimum atomic E-state index is -3.33. The van der Waals surface area contributed by atoms with Gasteiger partial charge in [-0.05, 0) is 49.3 Å². The maximum absolute atomic E-state index is 12.8. The Hall–Kier alpha value is -1.93. The number of fused-ring (bicyclic) bond motifs is 1. The first-order valence-electron chi connectivity index (χ1n) is 8.99. The van der Waals surface area contributed by atoms with E-state index in [1.807, 2.05) is 12.3 Å². The normalized spacial score (nSPS) is 25.1. The fraction of sp³-hybridized carbons (Fsp3) is 0.556. The monoisotopic (exact) mass is 377 g/mol. The molecule has 1 saturated carbocycles. The molecule has 0 aromatic carbocycles. The van der Waals surface area contributed by atoms with Crippen LogP contribution in [0.4, 0.5) is 0 Å². The van der Waals surface area contributed by atoms with Gasteiger partial charge in [-0.25, -0.2) is 17.7 Å². The molecule has 0 unspecified atom stereocenters. The molecular formula is C18H23N3O4S. The fourth-order valence-electron chi connectivity index (χ4n) is 4.11. The quantitative estimate of drug-likeness (QED) is 0.823. The molecule has 4 rings (SSSR count). The summed E-state index contributed by atoms with van der Waals surface area (Å²) in [6.07, 6.45) is 6.12. The SMILES string of the molecule is COC(=O)[C@H]1C[C@@H](S(=O)(=O)N2CCC(c3c[nH]c4ncccc34)CC2)C1. The summed E-state index contributed by atoms with van der Waals surface area (Å²) in [7, 11) is -1.99. The molecule has 0 spiro atoms. The number of sulfonamides is 1. The molecule has 0 atom stereocenters. The molecule has 140 valence electrons. The van der Waals surface area contributed by atoms with Crippen LogP contribution in [0.5, 0.6) is 0 Å². The Balaban J connectivity index is 1.40. The first-order chi connectivity index (χ1) is 12.5. The molecule has 8 heteroatoms. The van der Waals surface area contributed by atoms with Gasteiger partial charge in [0.15, 0.2) is 0 Å². The Labute approximate surface area is 152 Å². The predicted molar refractivity (Wildman–Crippen MR) is 97.1 cm³/mol. The Morgan fingerprint density at radius 3 is 2.73 bits per heavy atom. The summed E-state index contributed by atoms with van der Waals surface area (Å²) in [4.78, 5) is 19.0. The molecule has 3 heterocycles. The van der Waals surface area contributed by atoms with Crippen molar-refractivity contribution in [2.45, 2.75) is 36.9 Å². The summed E-state index contributed by atoms with van der Waals surface area (Å²) in [5.41, 5.74) is 2.10. The summed E-state index contributed by atoms with van der Waals surface area (Å²) < 4.78 is 31.9. The van der Waals surface area contributed by atoms with Crippen LogP contribution in [-0.2, 0) is 19.6 Å². The van der Waals surface area contributed by atoms with Crippen LogP contribution in [-0.4, -0.2) is 54.1 Å². The van der Waals surface area contributed by atoms with Gasteiger partial charge in [0.2, 0.25) is 10.0 Å². The van der Waals surface area contributed by atoms with Crippen molar-refractivity contribution in [3.8, 4) is 0 Å². The maximum Gasteiger partial charge on any atom is 0.308 e. The molecule has 0 bridgehead atoms. The summed E-state index contributed by atoms with van der Waals surface area (Å²) in [5.74, 6) is -0.234. The lowest BCUT2D eigenvalue weighted by Crippen LogP contribution is -2.49. The second kappa shape index (κ2) is 6.66. The van der Waals surface area contributed by atoms with Crippen molar-refractivity contribution >= 4 is 27.0 Å². The molecule has 2 aromatic heterocycles. The second-order valence-corrected chi connectivity index (χ2v) is 9.39. The highest BCUT2D eigenvalue weighted by atomic mass is 32.2. The van der Waals surface area contributed by atoms with Crippen LogP contribution in [0.25, 0.3) is 11.0 Å². The number of ether oxygens (including phenoxy) is 1. The molecule has 1 saturated heterocycles. The van der Waals surface area contributed by atoms with E-state index in [0.29, 0.717) is 31.8 Å². The number of aromatic nitrogens is 2. The van der Waals surface area contributed by atoms with Crippen molar-refractivity contribution in [3.63, 3.8) is 0 Å². The highest BCUT2D eigenvalue weighted by molar-refractivity contribution is 7.89. The number of H-pyrrole nitrogens is 1. The lowest BCUT2D eigenvalue weighted by molar-refractivity contribution is -0.148. The zero-order valence-electron chi connectivity index (χ0n) is 14.7. The predicted octanol–water partition coefficient (Wildman–Crippen LogP) is 2.02. The van der Waals surface area contributed by atoms with Gasteiger partial charge in [0, 0.05) is 30.9 Å². The molecular weight excluding hydrogens is 354 g/mol. The molecule has 1 aliphatic carbocycles. The number of nitrogens with zero attached hydrogens (tertiary/aromatic N) is 2. The summed E-state index contributed by atoms with van der Waals surface area (Å²) in [6, 6.07) is 3.98. The van der Waals surface area contributed by atoms with Gasteiger partial charge < -0.3 is 9.72 Å².